The van der Waals surface area contributed by atoms with Gasteiger partial charge in [-0.1, -0.05) is 0 Å². The fourth-order valence-corrected chi connectivity index (χ4v) is 1.43. The molecule has 0 aromatic carbocycles. The standard InChI is InChI=1S/C11H14N4O/c1-8-10(15-7-14-8)6-13-9-4-3-5-12-11(9)16-2/h3-5,7,13H,6H2,1-2H3,(H,14,15). The lowest BCUT2D eigenvalue weighted by Gasteiger charge is -2.08. The molecule has 2 aromatic rings. The Morgan fingerprint density at radius 2 is 2.31 bits per heavy atom. The van der Waals surface area contributed by atoms with Crippen molar-refractivity contribution in [2.75, 3.05) is 12.4 Å². The first kappa shape index (κ1) is 10.5. The zero-order valence-electron chi connectivity index (χ0n) is 9.32. The highest BCUT2D eigenvalue weighted by Gasteiger charge is 2.04. The third-order valence-electron chi connectivity index (χ3n) is 2.35. The highest BCUT2D eigenvalue weighted by molar-refractivity contribution is 5.52. The zero-order chi connectivity index (χ0) is 11.4. The summed E-state index contributed by atoms with van der Waals surface area (Å²) in [5, 5.41) is 3.24. The van der Waals surface area contributed by atoms with E-state index in [2.05, 4.69) is 20.3 Å². The number of nitrogens with one attached hydrogen (secondary N) is 2. The number of rotatable bonds is 4. The summed E-state index contributed by atoms with van der Waals surface area (Å²) in [7, 11) is 1.60. The van der Waals surface area contributed by atoms with Crippen LogP contribution in [-0.2, 0) is 6.54 Å². The van der Waals surface area contributed by atoms with Crippen molar-refractivity contribution in [3.63, 3.8) is 0 Å². The summed E-state index contributed by atoms with van der Waals surface area (Å²) in [4.78, 5) is 11.3. The summed E-state index contributed by atoms with van der Waals surface area (Å²) in [5.74, 6) is 0.593. The van der Waals surface area contributed by atoms with Gasteiger partial charge >= 0.3 is 0 Å². The quantitative estimate of drug-likeness (QED) is 0.820. The molecule has 5 nitrogen and oxygen atoms in total. The van der Waals surface area contributed by atoms with Crippen LogP contribution in [0.5, 0.6) is 5.88 Å². The molecule has 2 N–H and O–H groups in total. The molecule has 0 atom stereocenters. The number of H-pyrrole nitrogens is 1. The molecule has 0 fully saturated rings. The molecule has 0 aliphatic rings. The third kappa shape index (κ3) is 2.13. The van der Waals surface area contributed by atoms with Crippen molar-refractivity contribution in [3.8, 4) is 5.88 Å². The van der Waals surface area contributed by atoms with Gasteiger partial charge in [0.1, 0.15) is 0 Å². The number of methoxy groups -OCH3 is 1. The smallest absolute Gasteiger partial charge is 0.237 e. The molecule has 0 aliphatic heterocycles. The number of ether oxygens (including phenoxy) is 1. The summed E-state index contributed by atoms with van der Waals surface area (Å²) in [6.45, 7) is 2.64. The van der Waals surface area contributed by atoms with Crippen molar-refractivity contribution in [2.24, 2.45) is 0 Å². The van der Waals surface area contributed by atoms with E-state index in [-0.39, 0.29) is 0 Å². The predicted octanol–water partition coefficient (Wildman–Crippen LogP) is 1.73. The number of aryl methyl sites for hydroxylation is 1. The Morgan fingerprint density at radius 1 is 1.44 bits per heavy atom. The van der Waals surface area contributed by atoms with E-state index in [1.165, 1.54) is 0 Å². The molecule has 0 bridgehead atoms. The number of aromatic nitrogens is 3. The Labute approximate surface area is 93.9 Å². The Kier molecular flexibility index (Phi) is 3.05. The van der Waals surface area contributed by atoms with Gasteiger partial charge in [-0.25, -0.2) is 9.97 Å². The largest absolute Gasteiger partial charge is 0.480 e. The number of imidazole rings is 1. The molecule has 0 aliphatic carbocycles. The summed E-state index contributed by atoms with van der Waals surface area (Å²) in [5.41, 5.74) is 2.92. The van der Waals surface area contributed by atoms with Gasteiger partial charge in [-0.15, -0.1) is 0 Å². The maximum Gasteiger partial charge on any atom is 0.237 e. The van der Waals surface area contributed by atoms with Gasteiger partial charge < -0.3 is 15.0 Å². The molecule has 84 valence electrons. The lowest BCUT2D eigenvalue weighted by molar-refractivity contribution is 0.399. The maximum atomic E-state index is 5.14. The van der Waals surface area contributed by atoms with Gasteiger partial charge in [-0.2, -0.15) is 0 Å². The summed E-state index contributed by atoms with van der Waals surface area (Å²) < 4.78 is 5.14. The number of anilines is 1. The van der Waals surface area contributed by atoms with Crippen LogP contribution in [-0.4, -0.2) is 22.1 Å². The first-order valence-corrected chi connectivity index (χ1v) is 5.03. The molecule has 0 spiro atoms. The molecule has 0 saturated carbocycles. The van der Waals surface area contributed by atoms with Gasteiger partial charge in [0, 0.05) is 11.9 Å². The van der Waals surface area contributed by atoms with Crippen molar-refractivity contribution in [1.29, 1.82) is 0 Å². The van der Waals surface area contributed by atoms with Crippen LogP contribution < -0.4 is 10.1 Å². The van der Waals surface area contributed by atoms with Crippen LogP contribution in [0.2, 0.25) is 0 Å². The summed E-state index contributed by atoms with van der Waals surface area (Å²) in [6.07, 6.45) is 3.39. The van der Waals surface area contributed by atoms with Crippen LogP contribution >= 0.6 is 0 Å². The number of nitrogens with zero attached hydrogens (tertiary/aromatic N) is 2. The average molecular weight is 218 g/mol. The Hall–Kier alpha value is -2.04. The van der Waals surface area contributed by atoms with E-state index in [1.807, 2.05) is 19.1 Å². The highest BCUT2D eigenvalue weighted by atomic mass is 16.5. The van der Waals surface area contributed by atoms with Gasteiger partial charge in [-0.3, -0.25) is 0 Å². The predicted molar refractivity (Wildman–Crippen MR) is 61.4 cm³/mol. The van der Waals surface area contributed by atoms with E-state index in [0.29, 0.717) is 12.4 Å². The molecular formula is C11H14N4O. The lowest BCUT2D eigenvalue weighted by Crippen LogP contribution is -2.03. The van der Waals surface area contributed by atoms with E-state index < -0.39 is 0 Å². The minimum absolute atomic E-state index is 0.593. The van der Waals surface area contributed by atoms with Gasteiger partial charge in [-0.05, 0) is 19.1 Å². The van der Waals surface area contributed by atoms with Crippen molar-refractivity contribution in [3.05, 3.63) is 36.0 Å². The van der Waals surface area contributed by atoms with E-state index in [9.17, 15) is 0 Å². The van der Waals surface area contributed by atoms with Crippen LogP contribution in [0.1, 0.15) is 11.4 Å². The van der Waals surface area contributed by atoms with Crippen molar-refractivity contribution < 1.29 is 4.74 Å². The second-order valence-corrected chi connectivity index (χ2v) is 3.39. The average Bonchev–Trinajstić information content (AvgIpc) is 2.72. The molecule has 16 heavy (non-hydrogen) atoms. The molecule has 2 heterocycles. The third-order valence-corrected chi connectivity index (χ3v) is 2.35. The molecule has 2 rings (SSSR count). The Morgan fingerprint density at radius 3 is 3.00 bits per heavy atom. The van der Waals surface area contributed by atoms with Gasteiger partial charge in [0.25, 0.3) is 0 Å². The SMILES string of the molecule is COc1ncccc1NCc1nc[nH]c1C. The normalized spacial score (nSPS) is 10.1. The molecule has 5 heteroatoms. The topological polar surface area (TPSA) is 62.8 Å². The van der Waals surface area contributed by atoms with E-state index in [1.54, 1.807) is 19.6 Å². The number of aromatic amines is 1. The monoisotopic (exact) mass is 218 g/mol. The molecule has 0 saturated heterocycles. The summed E-state index contributed by atoms with van der Waals surface area (Å²) >= 11 is 0. The van der Waals surface area contributed by atoms with Crippen LogP contribution in [0.4, 0.5) is 5.69 Å². The van der Waals surface area contributed by atoms with E-state index in [4.69, 9.17) is 4.74 Å². The lowest BCUT2D eigenvalue weighted by atomic mass is 10.3. The Bertz CT molecular complexity index is 467. The second-order valence-electron chi connectivity index (χ2n) is 3.39. The van der Waals surface area contributed by atoms with E-state index in [0.717, 1.165) is 17.1 Å². The fraction of sp³-hybridized carbons (Fsp3) is 0.273. The molecule has 0 unspecified atom stereocenters. The highest BCUT2D eigenvalue weighted by Crippen LogP contribution is 2.20. The second kappa shape index (κ2) is 4.65. The van der Waals surface area contributed by atoms with Crippen LogP contribution in [0.25, 0.3) is 0 Å². The number of hydrogen-bond donors (Lipinski definition) is 2. The molecule has 0 amide bonds. The van der Waals surface area contributed by atoms with Crippen molar-refractivity contribution in [2.45, 2.75) is 13.5 Å². The maximum absolute atomic E-state index is 5.14. The molecular weight excluding hydrogens is 204 g/mol. The molecule has 2 aromatic heterocycles. The number of pyridine rings is 1. The van der Waals surface area contributed by atoms with Gasteiger partial charge in [0.15, 0.2) is 0 Å². The van der Waals surface area contributed by atoms with E-state index >= 15 is 0 Å². The minimum atomic E-state index is 0.593. The number of hydrogen-bond acceptors (Lipinski definition) is 4. The first-order chi connectivity index (χ1) is 7.81. The zero-order valence-corrected chi connectivity index (χ0v) is 9.32. The van der Waals surface area contributed by atoms with Gasteiger partial charge in [0.05, 0.1) is 31.4 Å². The van der Waals surface area contributed by atoms with Crippen LogP contribution in [0.3, 0.4) is 0 Å². The fourth-order valence-electron chi connectivity index (χ4n) is 1.43. The van der Waals surface area contributed by atoms with Crippen LogP contribution in [0.15, 0.2) is 24.7 Å². The summed E-state index contributed by atoms with van der Waals surface area (Å²) in [6, 6.07) is 3.79. The molecule has 0 radical (unpaired) electrons. The minimum Gasteiger partial charge on any atom is -0.480 e. The van der Waals surface area contributed by atoms with Crippen molar-refractivity contribution >= 4 is 5.69 Å². The van der Waals surface area contributed by atoms with Crippen molar-refractivity contribution in [1.82, 2.24) is 15.0 Å². The van der Waals surface area contributed by atoms with Gasteiger partial charge in [0.2, 0.25) is 5.88 Å². The van der Waals surface area contributed by atoms with Crippen LogP contribution in [0, 0.1) is 6.92 Å². The first-order valence-electron chi connectivity index (χ1n) is 5.03. The Balaban J connectivity index is 2.07.